The van der Waals surface area contributed by atoms with Gasteiger partial charge in [-0.15, -0.1) is 23.2 Å². The van der Waals surface area contributed by atoms with Crippen LogP contribution in [0.1, 0.15) is 56.1 Å². The number of nitrogens with zero attached hydrogens (tertiary/aromatic N) is 7. The molecule has 4 N–H and O–H groups in total. The number of hydrogen-bond acceptors (Lipinski definition) is 10. The average Bonchev–Trinajstić information content (AvgIpc) is 3.33. The van der Waals surface area contributed by atoms with Crippen LogP contribution < -0.4 is 19.4 Å². The van der Waals surface area contributed by atoms with Gasteiger partial charge in [0.05, 0.1) is 6.10 Å². The number of halogens is 2. The van der Waals surface area contributed by atoms with Crippen LogP contribution in [0.2, 0.25) is 0 Å². The van der Waals surface area contributed by atoms with E-state index in [-0.39, 0.29) is 11.5 Å². The summed E-state index contributed by atoms with van der Waals surface area (Å²) >= 11 is 11.6. The minimum Gasteiger partial charge on any atom is -0.410 e. The maximum Gasteiger partial charge on any atom is 0.466 e. The maximum absolute atomic E-state index is 12.4. The van der Waals surface area contributed by atoms with E-state index in [1.54, 1.807) is 4.90 Å². The van der Waals surface area contributed by atoms with Crippen molar-refractivity contribution in [3.8, 4) is 5.75 Å². The number of carbonyl (C=O) groups excluding carboxylic acids is 1. The van der Waals surface area contributed by atoms with E-state index >= 15 is 0 Å². The maximum atomic E-state index is 12.4. The molecular formula is C32H52Cl2N7O7P. The fourth-order valence-corrected chi connectivity index (χ4v) is 7.61. The molecule has 2 aromatic rings. The van der Waals surface area contributed by atoms with Crippen LogP contribution in [0.5, 0.6) is 5.75 Å². The van der Waals surface area contributed by atoms with Crippen molar-refractivity contribution in [2.75, 3.05) is 81.8 Å². The van der Waals surface area contributed by atoms with E-state index in [2.05, 4.69) is 27.9 Å². The second kappa shape index (κ2) is 17.7. The molecule has 3 aliphatic carbocycles. The largest absolute Gasteiger partial charge is 0.466 e. The highest BCUT2D eigenvalue weighted by molar-refractivity contribution is 7.45. The van der Waals surface area contributed by atoms with Crippen molar-refractivity contribution < 1.29 is 33.9 Å². The summed E-state index contributed by atoms with van der Waals surface area (Å²) in [5.41, 5.74) is 2.82. The van der Waals surface area contributed by atoms with E-state index in [0.29, 0.717) is 66.2 Å². The van der Waals surface area contributed by atoms with Crippen LogP contribution in [0.15, 0.2) is 18.2 Å². The van der Waals surface area contributed by atoms with E-state index in [1.807, 2.05) is 69.1 Å². The molecule has 1 heterocycles. The smallest absolute Gasteiger partial charge is 0.410 e. The molecular weight excluding hydrogens is 696 g/mol. The normalized spacial score (nSPS) is 23.7. The highest BCUT2D eigenvalue weighted by Crippen LogP contribution is 2.60. The van der Waals surface area contributed by atoms with Gasteiger partial charge in [-0.2, -0.15) is 15.0 Å². The minimum absolute atomic E-state index is 0.0996. The number of benzene rings is 1. The lowest BCUT2D eigenvalue weighted by Gasteiger charge is -2.50. The fraction of sp³-hybridized carbons (Fsp3) is 0.688. The molecule has 0 aliphatic heterocycles. The zero-order valence-electron chi connectivity index (χ0n) is 29.5. The van der Waals surface area contributed by atoms with Crippen LogP contribution in [0.3, 0.4) is 0 Å². The number of anilines is 3. The first-order chi connectivity index (χ1) is 22.9. The van der Waals surface area contributed by atoms with Gasteiger partial charge >= 0.3 is 13.9 Å². The third-order valence-electron chi connectivity index (χ3n) is 9.62. The molecule has 276 valence electrons. The van der Waals surface area contributed by atoms with Crippen molar-refractivity contribution in [3.63, 3.8) is 0 Å². The van der Waals surface area contributed by atoms with Crippen molar-refractivity contribution in [3.05, 3.63) is 29.3 Å². The van der Waals surface area contributed by atoms with Gasteiger partial charge in [0.15, 0.2) is 0 Å². The summed E-state index contributed by atoms with van der Waals surface area (Å²) in [5, 5.41) is 10.5. The third kappa shape index (κ3) is 11.0. The molecule has 2 fully saturated rings. The van der Waals surface area contributed by atoms with Crippen LogP contribution in [0.25, 0.3) is 0 Å². The van der Waals surface area contributed by atoms with E-state index in [0.717, 1.165) is 38.5 Å². The van der Waals surface area contributed by atoms with Gasteiger partial charge in [-0.05, 0) is 85.0 Å². The Kier molecular flexibility index (Phi) is 14.8. The van der Waals surface area contributed by atoms with Gasteiger partial charge in [-0.1, -0.05) is 13.0 Å². The lowest BCUT2D eigenvalue weighted by Crippen LogP contribution is -2.43. The van der Waals surface area contributed by atoms with Crippen LogP contribution in [0.4, 0.5) is 22.6 Å². The quantitative estimate of drug-likeness (QED) is 0.222. The molecule has 0 saturated heterocycles. The number of phosphoric acid groups is 1. The molecule has 2 saturated carbocycles. The van der Waals surface area contributed by atoms with Crippen molar-refractivity contribution in [2.45, 2.75) is 57.5 Å². The van der Waals surface area contributed by atoms with Gasteiger partial charge in [0, 0.05) is 67.1 Å². The first kappa shape index (κ1) is 41.0. The molecule has 14 nitrogen and oxygen atoms in total. The first-order valence-electron chi connectivity index (χ1n) is 16.4. The summed E-state index contributed by atoms with van der Waals surface area (Å²) in [5.74, 6) is 5.15. The standard InChI is InChI=1S/C23H31Cl2NO3.C9H18N6.H3O4P/c1-23-9-8-18-17-5-3-16(29-22(28)26(12-10-24)13-11-25)14-15(17)2-4-19(18)20(23)6-7-21(23)27;1-13(2)7-10-8(14(3)4)12-9(11-7)15(5)6;1-5(2,3)4/h3,5,14,18-21,27H,2,4,6-13H2,1H3;1-6H3;(H3,1,2,3,4)/t18-,19-,20+,21+,23+;;/m1../s1. The Morgan fingerprint density at radius 2 is 1.41 bits per heavy atom. The molecule has 1 amide bonds. The summed E-state index contributed by atoms with van der Waals surface area (Å²) < 4.78 is 14.5. The molecule has 1 aromatic carbocycles. The fourth-order valence-electron chi connectivity index (χ4n) is 7.20. The number of ether oxygens (including phenoxy) is 1. The minimum atomic E-state index is -4.64. The van der Waals surface area contributed by atoms with Gasteiger partial charge in [-0.3, -0.25) is 0 Å². The number of fused-ring (bicyclic) bond motifs is 5. The highest BCUT2D eigenvalue weighted by Gasteiger charge is 2.54. The molecule has 17 heteroatoms. The van der Waals surface area contributed by atoms with Gasteiger partial charge in [-0.25, -0.2) is 9.36 Å². The van der Waals surface area contributed by atoms with E-state index in [1.165, 1.54) is 11.1 Å². The topological polar surface area (TPSA) is 176 Å². The predicted molar refractivity (Wildman–Crippen MR) is 193 cm³/mol. The number of aryl methyl sites for hydroxylation is 1. The Labute approximate surface area is 299 Å². The summed E-state index contributed by atoms with van der Waals surface area (Å²) in [4.78, 5) is 54.1. The lowest BCUT2D eigenvalue weighted by molar-refractivity contribution is -0.0226. The highest BCUT2D eigenvalue weighted by atomic mass is 35.5. The molecule has 1 aromatic heterocycles. The molecule has 0 spiro atoms. The Morgan fingerprint density at radius 1 is 0.898 bits per heavy atom. The predicted octanol–water partition coefficient (Wildman–Crippen LogP) is 4.32. The van der Waals surface area contributed by atoms with Crippen LogP contribution in [-0.2, 0) is 11.0 Å². The number of amides is 1. The average molecular weight is 749 g/mol. The van der Waals surface area contributed by atoms with E-state index in [9.17, 15) is 9.90 Å². The van der Waals surface area contributed by atoms with Crippen LogP contribution >= 0.6 is 31.0 Å². The summed E-state index contributed by atoms with van der Waals surface area (Å²) in [6.45, 7) is 3.15. The molecule has 5 atom stereocenters. The monoisotopic (exact) mass is 747 g/mol. The van der Waals surface area contributed by atoms with Crippen LogP contribution in [-0.4, -0.2) is 119 Å². The Morgan fingerprint density at radius 3 is 1.88 bits per heavy atom. The molecule has 0 bridgehead atoms. The van der Waals surface area contributed by atoms with Gasteiger partial charge < -0.3 is 44.1 Å². The van der Waals surface area contributed by atoms with E-state index < -0.39 is 13.9 Å². The molecule has 0 unspecified atom stereocenters. The number of aliphatic hydroxyl groups excluding tert-OH is 1. The van der Waals surface area contributed by atoms with Gasteiger partial charge in [0.1, 0.15) is 5.75 Å². The van der Waals surface area contributed by atoms with Crippen molar-refractivity contribution in [1.82, 2.24) is 19.9 Å². The Balaban J connectivity index is 0.000000272. The van der Waals surface area contributed by atoms with E-state index in [4.69, 9.17) is 47.2 Å². The zero-order valence-corrected chi connectivity index (χ0v) is 31.9. The van der Waals surface area contributed by atoms with Gasteiger partial charge in [0.25, 0.3) is 0 Å². The number of aliphatic hydroxyl groups is 1. The number of carbonyl (C=O) groups is 1. The molecule has 3 aliphatic rings. The molecule has 0 radical (unpaired) electrons. The second-order valence-electron chi connectivity index (χ2n) is 13.6. The van der Waals surface area contributed by atoms with Gasteiger partial charge in [0.2, 0.25) is 17.8 Å². The molecule has 5 rings (SSSR count). The zero-order chi connectivity index (χ0) is 36.7. The Hall–Kier alpha value is -2.45. The number of aromatic nitrogens is 3. The number of hydrogen-bond donors (Lipinski definition) is 4. The Bertz CT molecular complexity index is 1370. The summed E-state index contributed by atoms with van der Waals surface area (Å²) in [6, 6.07) is 6.13. The molecule has 49 heavy (non-hydrogen) atoms. The first-order valence-corrected chi connectivity index (χ1v) is 19.0. The van der Waals surface area contributed by atoms with Crippen molar-refractivity contribution >= 4 is 55.0 Å². The SMILES string of the molecule is CN(C)c1nc(N(C)C)nc(N(C)C)n1.C[C@]12CC[C@@H]3c4ccc(OC(=O)N(CCCl)CCCl)cc4CC[C@H]3[C@@H]1CC[C@@H]2O.O=P(O)(O)O. The third-order valence-corrected chi connectivity index (χ3v) is 9.96. The summed E-state index contributed by atoms with van der Waals surface area (Å²) in [7, 11) is 6.83. The summed E-state index contributed by atoms with van der Waals surface area (Å²) in [6.07, 6.45) is 5.98. The number of rotatable bonds is 8. The number of alkyl halides is 2. The van der Waals surface area contributed by atoms with Crippen LogP contribution in [0, 0.1) is 17.3 Å². The lowest BCUT2D eigenvalue weighted by atomic mass is 9.55. The van der Waals surface area contributed by atoms with Crippen molar-refractivity contribution in [1.29, 1.82) is 0 Å². The van der Waals surface area contributed by atoms with Crippen molar-refractivity contribution in [2.24, 2.45) is 17.3 Å². The second-order valence-corrected chi connectivity index (χ2v) is 15.4.